The van der Waals surface area contributed by atoms with Crippen LogP contribution in [0.2, 0.25) is 0 Å². The molecule has 1 aromatic carbocycles. The van der Waals surface area contributed by atoms with Crippen LogP contribution < -0.4 is 0 Å². The van der Waals surface area contributed by atoms with Gasteiger partial charge in [0.05, 0.1) is 95.4 Å². The van der Waals surface area contributed by atoms with Gasteiger partial charge in [0, 0.05) is 0 Å². The lowest BCUT2D eigenvalue weighted by molar-refractivity contribution is -0.0436. The monoisotopic (exact) mass is 566 g/mol. The fraction of sp³-hybridized carbons (Fsp3) is 0.778. The van der Waals surface area contributed by atoms with Gasteiger partial charge in [0.25, 0.3) is 10.1 Å². The summed E-state index contributed by atoms with van der Waals surface area (Å²) in [5, 5.41) is 8.41. The lowest BCUT2D eigenvalue weighted by atomic mass is 10.2. The molecule has 0 aliphatic carbocycles. The number of aliphatic hydroxyl groups excluding tert-OH is 1. The molecule has 1 rings (SSSR count). The van der Waals surface area contributed by atoms with Crippen molar-refractivity contribution in [3.05, 3.63) is 29.8 Å². The van der Waals surface area contributed by atoms with Crippen molar-refractivity contribution in [3.63, 3.8) is 0 Å². The summed E-state index contributed by atoms with van der Waals surface area (Å²) in [5.41, 5.74) is 0.724. The van der Waals surface area contributed by atoms with Crippen LogP contribution in [0.4, 0.5) is 0 Å². The first-order valence-electron chi connectivity index (χ1n) is 12.9. The highest BCUT2D eigenvalue weighted by atomic mass is 32.2. The third-order valence-electron chi connectivity index (χ3n) is 4.28. The van der Waals surface area contributed by atoms with Gasteiger partial charge in [-0.25, -0.2) is 0 Å². The summed E-state index contributed by atoms with van der Waals surface area (Å²) >= 11 is 0. The molecular formula is C27H50O10S. The molecule has 0 saturated heterocycles. The number of ether oxygens (including phenoxy) is 6. The zero-order valence-electron chi connectivity index (χ0n) is 24.3. The van der Waals surface area contributed by atoms with Crippen molar-refractivity contribution in [2.45, 2.75) is 64.6 Å². The van der Waals surface area contributed by atoms with Crippen LogP contribution in [0, 0.1) is 6.92 Å². The molecule has 10 nitrogen and oxygen atoms in total. The van der Waals surface area contributed by atoms with Crippen LogP contribution in [0.1, 0.15) is 47.1 Å². The SMILES string of the molecule is CC(C)(C)OCCOCCOCCO.Cc1ccc(S(=O)(=O)OCCOCCOCCOC(C)(C)C)cc1. The molecule has 0 saturated carbocycles. The second-order valence-corrected chi connectivity index (χ2v) is 11.8. The molecule has 0 heterocycles. The fourth-order valence-corrected chi connectivity index (χ4v) is 3.39. The highest BCUT2D eigenvalue weighted by molar-refractivity contribution is 7.86. The Labute approximate surface area is 230 Å². The standard InChI is InChI=1S/C17H28O6S.C10H22O4/c1-15-5-7-16(8-6-15)24(18,19)23-14-12-21-10-9-20-11-13-22-17(2,3)4;1-10(2,3)14-9-8-13-7-6-12-5-4-11/h5-8H,9-14H2,1-4H3;11H,4-9H2,1-3H3. The van der Waals surface area contributed by atoms with Crippen molar-refractivity contribution in [1.82, 2.24) is 0 Å². The van der Waals surface area contributed by atoms with Gasteiger partial charge in [0.2, 0.25) is 0 Å². The summed E-state index contributed by atoms with van der Waals surface area (Å²) in [6, 6.07) is 6.51. The van der Waals surface area contributed by atoms with Crippen LogP contribution in [0.25, 0.3) is 0 Å². The molecule has 0 atom stereocenters. The summed E-state index contributed by atoms with van der Waals surface area (Å²) in [7, 11) is -3.72. The van der Waals surface area contributed by atoms with Crippen LogP contribution in [-0.4, -0.2) is 104 Å². The van der Waals surface area contributed by atoms with E-state index in [-0.39, 0.29) is 35.9 Å². The van der Waals surface area contributed by atoms with Crippen LogP contribution in [0.5, 0.6) is 0 Å². The number of hydrogen-bond donors (Lipinski definition) is 1. The maximum Gasteiger partial charge on any atom is 0.297 e. The number of rotatable bonds is 19. The highest BCUT2D eigenvalue weighted by Gasteiger charge is 2.14. The second-order valence-electron chi connectivity index (χ2n) is 10.2. The van der Waals surface area contributed by atoms with E-state index in [1.807, 2.05) is 48.5 Å². The Morgan fingerprint density at radius 2 is 0.974 bits per heavy atom. The van der Waals surface area contributed by atoms with E-state index in [4.69, 9.17) is 37.7 Å². The maximum absolute atomic E-state index is 11.9. The zero-order chi connectivity index (χ0) is 28.9. The smallest absolute Gasteiger partial charge is 0.297 e. The second kappa shape index (κ2) is 20.7. The molecule has 0 aromatic heterocycles. The fourth-order valence-electron chi connectivity index (χ4n) is 2.50. The number of aryl methyl sites for hydroxylation is 1. The Hall–Kier alpha value is -1.15. The van der Waals surface area contributed by atoms with Crippen molar-refractivity contribution in [3.8, 4) is 0 Å². The third-order valence-corrected chi connectivity index (χ3v) is 5.61. The Bertz CT molecular complexity index is 784. The van der Waals surface area contributed by atoms with Crippen LogP contribution in [-0.2, 0) is 42.7 Å². The van der Waals surface area contributed by atoms with E-state index < -0.39 is 10.1 Å². The van der Waals surface area contributed by atoms with Crippen molar-refractivity contribution in [2.24, 2.45) is 0 Å². The minimum atomic E-state index is -3.72. The number of aliphatic hydroxyl groups is 1. The zero-order valence-corrected chi connectivity index (χ0v) is 25.1. The molecule has 0 fully saturated rings. The first kappa shape index (κ1) is 36.8. The van der Waals surface area contributed by atoms with Gasteiger partial charge in [0.1, 0.15) is 0 Å². The number of benzene rings is 1. The largest absolute Gasteiger partial charge is 0.394 e. The third kappa shape index (κ3) is 23.9. The molecule has 0 aliphatic rings. The van der Waals surface area contributed by atoms with Crippen molar-refractivity contribution in [1.29, 1.82) is 0 Å². The van der Waals surface area contributed by atoms with Crippen LogP contribution in [0.3, 0.4) is 0 Å². The van der Waals surface area contributed by atoms with E-state index >= 15 is 0 Å². The highest BCUT2D eigenvalue weighted by Crippen LogP contribution is 2.13. The summed E-state index contributed by atoms with van der Waals surface area (Å²) in [6.07, 6.45) is 0. The van der Waals surface area contributed by atoms with Gasteiger partial charge in [-0.3, -0.25) is 4.18 Å². The number of hydrogen-bond acceptors (Lipinski definition) is 10. The quantitative estimate of drug-likeness (QED) is 0.197. The summed E-state index contributed by atoms with van der Waals surface area (Å²) < 4.78 is 60.6. The molecule has 0 radical (unpaired) electrons. The van der Waals surface area contributed by atoms with E-state index in [0.717, 1.165) is 5.56 Å². The molecule has 0 unspecified atom stereocenters. The molecule has 1 N–H and O–H groups in total. The minimum Gasteiger partial charge on any atom is -0.394 e. The first-order valence-corrected chi connectivity index (χ1v) is 14.3. The van der Waals surface area contributed by atoms with Crippen LogP contribution >= 0.6 is 0 Å². The van der Waals surface area contributed by atoms with Gasteiger partial charge >= 0.3 is 0 Å². The Morgan fingerprint density at radius 3 is 1.37 bits per heavy atom. The summed E-state index contributed by atoms with van der Waals surface area (Å²) in [4.78, 5) is 0.148. The molecule has 11 heteroatoms. The Morgan fingerprint density at radius 1 is 0.605 bits per heavy atom. The van der Waals surface area contributed by atoms with Gasteiger partial charge in [0.15, 0.2) is 0 Å². The topological polar surface area (TPSA) is 119 Å². The molecule has 0 aliphatic heterocycles. The predicted octanol–water partition coefficient (Wildman–Crippen LogP) is 3.38. The lowest BCUT2D eigenvalue weighted by Gasteiger charge is -2.19. The van der Waals surface area contributed by atoms with E-state index in [1.54, 1.807) is 12.1 Å². The van der Waals surface area contributed by atoms with Gasteiger partial charge in [-0.15, -0.1) is 0 Å². The van der Waals surface area contributed by atoms with Crippen molar-refractivity contribution < 1.29 is 46.1 Å². The first-order chi connectivity index (χ1) is 17.8. The van der Waals surface area contributed by atoms with Gasteiger partial charge in [-0.2, -0.15) is 8.42 Å². The van der Waals surface area contributed by atoms with Crippen molar-refractivity contribution in [2.75, 3.05) is 79.3 Å². The Balaban J connectivity index is 0.000000835. The van der Waals surface area contributed by atoms with Crippen molar-refractivity contribution >= 4 is 10.1 Å². The normalized spacial score (nSPS) is 12.3. The molecule has 1 aromatic rings. The van der Waals surface area contributed by atoms with Gasteiger partial charge in [-0.05, 0) is 60.6 Å². The van der Waals surface area contributed by atoms with Crippen LogP contribution in [0.15, 0.2) is 29.2 Å². The minimum absolute atomic E-state index is 0.0245. The van der Waals surface area contributed by atoms with E-state index in [0.29, 0.717) is 59.5 Å². The maximum atomic E-state index is 11.9. The van der Waals surface area contributed by atoms with E-state index in [1.165, 1.54) is 12.1 Å². The molecular weight excluding hydrogens is 516 g/mol. The molecule has 0 spiro atoms. The molecule has 38 heavy (non-hydrogen) atoms. The summed E-state index contributed by atoms with van der Waals surface area (Å²) in [6.45, 7) is 18.6. The van der Waals surface area contributed by atoms with Gasteiger partial charge in [-0.1, -0.05) is 17.7 Å². The summed E-state index contributed by atoms with van der Waals surface area (Å²) in [5.74, 6) is 0. The van der Waals surface area contributed by atoms with E-state index in [2.05, 4.69) is 0 Å². The lowest BCUT2D eigenvalue weighted by Crippen LogP contribution is -2.22. The van der Waals surface area contributed by atoms with Gasteiger partial charge < -0.3 is 33.5 Å². The predicted molar refractivity (Wildman–Crippen MR) is 146 cm³/mol. The molecule has 224 valence electrons. The van der Waals surface area contributed by atoms with E-state index in [9.17, 15) is 8.42 Å². The average molecular weight is 567 g/mol. The molecule has 0 amide bonds. The average Bonchev–Trinajstić information content (AvgIpc) is 2.81. The Kier molecular flexibility index (Phi) is 20.1. The molecule has 0 bridgehead atoms.